The number of hydrogen-bond donors (Lipinski definition) is 2. The minimum absolute atomic E-state index is 0.177. The highest BCUT2D eigenvalue weighted by molar-refractivity contribution is 5.91. The minimum Gasteiger partial charge on any atom is -0.447 e. The van der Waals surface area contributed by atoms with E-state index in [1.54, 1.807) is 0 Å². The number of carbonyl (C=O) groups excluding carboxylic acids is 1. The fourth-order valence-electron chi connectivity index (χ4n) is 3.75. The molecule has 3 rings (SSSR count). The number of morpholine rings is 1. The quantitative estimate of drug-likeness (QED) is 0.554. The number of nitrogens with one attached hydrogen (secondary N) is 1. The smallest absolute Gasteiger partial charge is 0.273 e. The first-order valence-electron chi connectivity index (χ1n) is 11.2. The van der Waals surface area contributed by atoms with Crippen molar-refractivity contribution in [1.82, 2.24) is 25.0 Å². The highest BCUT2D eigenvalue weighted by Crippen LogP contribution is 2.10. The zero-order valence-electron chi connectivity index (χ0n) is 18.4. The molecule has 30 heavy (non-hydrogen) atoms. The van der Waals surface area contributed by atoms with Gasteiger partial charge < -0.3 is 19.6 Å². The molecule has 170 valence electrons. The topological polar surface area (TPSA) is 94.3 Å². The van der Waals surface area contributed by atoms with Gasteiger partial charge in [-0.05, 0) is 5.92 Å². The molecule has 9 heteroatoms. The first kappa shape index (κ1) is 23.1. The van der Waals surface area contributed by atoms with E-state index in [4.69, 9.17) is 9.15 Å². The molecule has 2 atom stereocenters. The van der Waals surface area contributed by atoms with Crippen LogP contribution in [0.15, 0.2) is 10.7 Å². The maximum Gasteiger partial charge on any atom is 0.273 e. The molecule has 0 aliphatic carbocycles. The molecule has 0 saturated carbocycles. The molecule has 2 aliphatic rings. The Bertz CT molecular complexity index is 641. The molecular formula is C21H37N5O4. The number of amides is 1. The predicted octanol–water partition coefficient (Wildman–Crippen LogP) is 0.261. The number of oxazole rings is 1. The number of ether oxygens (including phenoxy) is 1. The second-order valence-corrected chi connectivity index (χ2v) is 8.49. The largest absolute Gasteiger partial charge is 0.447 e. The van der Waals surface area contributed by atoms with E-state index < -0.39 is 0 Å². The summed E-state index contributed by atoms with van der Waals surface area (Å²) in [6.07, 6.45) is 2.14. The second-order valence-electron chi connectivity index (χ2n) is 8.49. The standard InChI is InChI=1S/C21H37N5O4/c1-3-17(2)12-22-21(28)19-16-30-20(23-19)15-25-6-4-24(5-7-25)13-18(27)14-26-8-10-29-11-9-26/h16-18,27H,3-15H2,1-2H3,(H,22,28)/t17-,18-/m1/s1. The van der Waals surface area contributed by atoms with E-state index in [2.05, 4.69) is 38.8 Å². The summed E-state index contributed by atoms with van der Waals surface area (Å²) < 4.78 is 10.9. The van der Waals surface area contributed by atoms with Crippen molar-refractivity contribution < 1.29 is 19.1 Å². The average molecular weight is 424 g/mol. The third-order valence-corrected chi connectivity index (χ3v) is 5.96. The van der Waals surface area contributed by atoms with Crippen LogP contribution in [-0.4, -0.2) is 109 Å². The second kappa shape index (κ2) is 11.8. The lowest BCUT2D eigenvalue weighted by molar-refractivity contribution is 0.00187. The molecule has 0 aromatic carbocycles. The first-order chi connectivity index (χ1) is 14.5. The van der Waals surface area contributed by atoms with Crippen LogP contribution < -0.4 is 5.32 Å². The van der Waals surface area contributed by atoms with Crippen LogP contribution in [0.1, 0.15) is 36.6 Å². The van der Waals surface area contributed by atoms with Gasteiger partial charge in [0.25, 0.3) is 5.91 Å². The molecule has 1 amide bonds. The summed E-state index contributed by atoms with van der Waals surface area (Å²) in [5, 5.41) is 13.3. The third-order valence-electron chi connectivity index (χ3n) is 5.96. The van der Waals surface area contributed by atoms with Gasteiger partial charge in [0.05, 0.1) is 25.9 Å². The van der Waals surface area contributed by atoms with Gasteiger partial charge in [-0.25, -0.2) is 4.98 Å². The van der Waals surface area contributed by atoms with E-state index in [9.17, 15) is 9.90 Å². The van der Waals surface area contributed by atoms with Crippen LogP contribution in [0, 0.1) is 5.92 Å². The van der Waals surface area contributed by atoms with Gasteiger partial charge in [-0.15, -0.1) is 0 Å². The number of carbonyl (C=O) groups is 1. The molecule has 3 heterocycles. The molecule has 0 bridgehead atoms. The first-order valence-corrected chi connectivity index (χ1v) is 11.2. The van der Waals surface area contributed by atoms with Crippen LogP contribution in [-0.2, 0) is 11.3 Å². The van der Waals surface area contributed by atoms with Gasteiger partial charge in [0.2, 0.25) is 5.89 Å². The molecule has 2 fully saturated rings. The number of β-amino-alcohol motifs (C(OH)–C–C–N with tert-alkyl or cyclic N) is 1. The van der Waals surface area contributed by atoms with E-state index >= 15 is 0 Å². The van der Waals surface area contributed by atoms with Crippen molar-refractivity contribution in [2.45, 2.75) is 32.9 Å². The lowest BCUT2D eigenvalue weighted by atomic mass is 10.1. The zero-order chi connectivity index (χ0) is 21.3. The summed E-state index contributed by atoms with van der Waals surface area (Å²) in [7, 11) is 0. The van der Waals surface area contributed by atoms with Gasteiger partial charge in [0, 0.05) is 58.9 Å². The number of hydrogen-bond acceptors (Lipinski definition) is 8. The Balaban J connectivity index is 1.35. The monoisotopic (exact) mass is 423 g/mol. The Morgan fingerprint density at radius 1 is 1.13 bits per heavy atom. The summed E-state index contributed by atoms with van der Waals surface area (Å²) in [5.41, 5.74) is 0.346. The normalized spacial score (nSPS) is 21.4. The van der Waals surface area contributed by atoms with E-state index in [1.165, 1.54) is 6.26 Å². The average Bonchev–Trinajstić information content (AvgIpc) is 3.22. The van der Waals surface area contributed by atoms with Gasteiger partial charge in [-0.1, -0.05) is 20.3 Å². The molecule has 0 unspecified atom stereocenters. The molecule has 2 aliphatic heterocycles. The zero-order valence-corrected chi connectivity index (χ0v) is 18.4. The summed E-state index contributed by atoms with van der Waals surface area (Å²) >= 11 is 0. The van der Waals surface area contributed by atoms with E-state index in [-0.39, 0.29) is 12.0 Å². The molecular weight excluding hydrogens is 386 g/mol. The molecule has 1 aromatic rings. The van der Waals surface area contributed by atoms with E-state index in [0.717, 1.165) is 58.9 Å². The SMILES string of the molecule is CC[C@@H](C)CNC(=O)c1coc(CN2CCN(C[C@@H](O)CN3CCOCC3)CC2)n1. The third kappa shape index (κ3) is 7.31. The van der Waals surface area contributed by atoms with Gasteiger partial charge in [-0.3, -0.25) is 19.5 Å². The number of aromatic nitrogens is 1. The van der Waals surface area contributed by atoms with Crippen LogP contribution in [0.25, 0.3) is 0 Å². The number of aliphatic hydroxyl groups excluding tert-OH is 1. The van der Waals surface area contributed by atoms with Crippen LogP contribution in [0.3, 0.4) is 0 Å². The Morgan fingerprint density at radius 3 is 2.43 bits per heavy atom. The predicted molar refractivity (Wildman–Crippen MR) is 113 cm³/mol. The molecule has 2 N–H and O–H groups in total. The number of nitrogens with zero attached hydrogens (tertiary/aromatic N) is 4. The van der Waals surface area contributed by atoms with Crippen LogP contribution in [0.4, 0.5) is 0 Å². The van der Waals surface area contributed by atoms with Gasteiger partial charge >= 0.3 is 0 Å². The lowest BCUT2D eigenvalue weighted by Gasteiger charge is -2.36. The highest BCUT2D eigenvalue weighted by atomic mass is 16.5. The Labute approximate surface area is 179 Å². The van der Waals surface area contributed by atoms with Crippen molar-refractivity contribution in [3.63, 3.8) is 0 Å². The summed E-state index contributed by atoms with van der Waals surface area (Å²) in [5.74, 6) is 0.845. The van der Waals surface area contributed by atoms with Crippen molar-refractivity contribution in [2.24, 2.45) is 5.92 Å². The number of aliphatic hydroxyl groups is 1. The molecule has 9 nitrogen and oxygen atoms in total. The van der Waals surface area contributed by atoms with Crippen LogP contribution in [0.5, 0.6) is 0 Å². The van der Waals surface area contributed by atoms with Gasteiger partial charge in [0.15, 0.2) is 5.69 Å². The van der Waals surface area contributed by atoms with E-state index in [0.29, 0.717) is 43.7 Å². The van der Waals surface area contributed by atoms with Crippen molar-refractivity contribution in [3.8, 4) is 0 Å². The van der Waals surface area contributed by atoms with Crippen molar-refractivity contribution in [3.05, 3.63) is 17.8 Å². The van der Waals surface area contributed by atoms with Crippen molar-refractivity contribution in [1.29, 1.82) is 0 Å². The highest BCUT2D eigenvalue weighted by Gasteiger charge is 2.23. The maximum atomic E-state index is 12.2. The Morgan fingerprint density at radius 2 is 1.77 bits per heavy atom. The summed E-state index contributed by atoms with van der Waals surface area (Å²) in [6, 6.07) is 0. The van der Waals surface area contributed by atoms with Crippen LogP contribution in [0.2, 0.25) is 0 Å². The Hall–Kier alpha value is -1.52. The lowest BCUT2D eigenvalue weighted by Crippen LogP contribution is -2.50. The van der Waals surface area contributed by atoms with Gasteiger partial charge in [0.1, 0.15) is 6.26 Å². The van der Waals surface area contributed by atoms with Crippen LogP contribution >= 0.6 is 0 Å². The molecule has 2 saturated heterocycles. The fraction of sp³-hybridized carbons (Fsp3) is 0.810. The summed E-state index contributed by atoms with van der Waals surface area (Å²) in [6.45, 7) is 13.8. The fourth-order valence-corrected chi connectivity index (χ4v) is 3.75. The van der Waals surface area contributed by atoms with Crippen molar-refractivity contribution >= 4 is 5.91 Å². The molecule has 1 aromatic heterocycles. The Kier molecular flexibility index (Phi) is 9.07. The molecule has 0 radical (unpaired) electrons. The van der Waals surface area contributed by atoms with Gasteiger partial charge in [-0.2, -0.15) is 0 Å². The number of rotatable bonds is 10. The summed E-state index contributed by atoms with van der Waals surface area (Å²) in [4.78, 5) is 23.4. The van der Waals surface area contributed by atoms with E-state index in [1.807, 2.05) is 0 Å². The minimum atomic E-state index is -0.335. The maximum absolute atomic E-state index is 12.2. The van der Waals surface area contributed by atoms with Crippen molar-refractivity contribution in [2.75, 3.05) is 72.1 Å². The number of piperazine rings is 1. The molecule has 0 spiro atoms.